The van der Waals surface area contributed by atoms with Gasteiger partial charge < -0.3 is 15.4 Å². The molecule has 25 heavy (non-hydrogen) atoms. The Balaban J connectivity index is 1.62. The van der Waals surface area contributed by atoms with E-state index in [-0.39, 0.29) is 5.82 Å². The minimum atomic E-state index is -0.191. The minimum Gasteiger partial charge on any atom is -0.379 e. The molecule has 0 atom stereocenters. The molecule has 1 aromatic carbocycles. The first kappa shape index (κ1) is 19.7. The van der Waals surface area contributed by atoms with Crippen molar-refractivity contribution in [3.05, 3.63) is 35.6 Å². The number of unbranched alkanes of at least 4 members (excludes halogenated alkanes) is 1. The summed E-state index contributed by atoms with van der Waals surface area (Å²) in [7, 11) is 0. The predicted molar refractivity (Wildman–Crippen MR) is 101 cm³/mol. The van der Waals surface area contributed by atoms with Crippen LogP contribution in [-0.4, -0.2) is 63.3 Å². The van der Waals surface area contributed by atoms with E-state index in [1.54, 1.807) is 0 Å². The summed E-state index contributed by atoms with van der Waals surface area (Å²) in [4.78, 5) is 7.09. The molecule has 2 N–H and O–H groups in total. The molecule has 0 amide bonds. The van der Waals surface area contributed by atoms with Gasteiger partial charge in [-0.1, -0.05) is 12.1 Å². The van der Waals surface area contributed by atoms with Crippen LogP contribution >= 0.6 is 0 Å². The lowest BCUT2D eigenvalue weighted by Crippen LogP contribution is -2.38. The maximum atomic E-state index is 12.9. The lowest BCUT2D eigenvalue weighted by molar-refractivity contribution is 0.0373. The molecule has 1 aliphatic rings. The number of hydrogen-bond acceptors (Lipinski definition) is 3. The molecule has 140 valence electrons. The summed E-state index contributed by atoms with van der Waals surface area (Å²) in [6, 6.07) is 6.66. The van der Waals surface area contributed by atoms with Gasteiger partial charge in [0.05, 0.1) is 13.2 Å². The number of rotatable bonds is 9. The number of morpholine rings is 1. The van der Waals surface area contributed by atoms with Crippen LogP contribution < -0.4 is 10.6 Å². The summed E-state index contributed by atoms with van der Waals surface area (Å²) >= 11 is 0. The highest BCUT2D eigenvalue weighted by molar-refractivity contribution is 5.79. The molecule has 0 aromatic heterocycles. The van der Waals surface area contributed by atoms with Crippen LogP contribution in [0, 0.1) is 5.82 Å². The van der Waals surface area contributed by atoms with Gasteiger partial charge in [0.25, 0.3) is 0 Å². The molecule has 1 aromatic rings. The third-order valence-corrected chi connectivity index (χ3v) is 4.22. The minimum absolute atomic E-state index is 0.191. The summed E-state index contributed by atoms with van der Waals surface area (Å²) in [5, 5.41) is 6.61. The van der Waals surface area contributed by atoms with Gasteiger partial charge in [0.2, 0.25) is 0 Å². The molecule has 1 aliphatic heterocycles. The SMILES string of the molecule is CCNC(=NCCCCN1CCOCC1)NCCc1ccc(F)cc1. The molecule has 5 nitrogen and oxygen atoms in total. The number of ether oxygens (including phenoxy) is 1. The zero-order valence-electron chi connectivity index (χ0n) is 15.3. The number of aliphatic imine (C=N–C) groups is 1. The number of benzene rings is 1. The fourth-order valence-corrected chi connectivity index (χ4v) is 2.78. The highest BCUT2D eigenvalue weighted by Gasteiger charge is 2.08. The number of nitrogens with zero attached hydrogens (tertiary/aromatic N) is 2. The zero-order chi connectivity index (χ0) is 17.7. The van der Waals surface area contributed by atoms with Crippen LogP contribution in [0.15, 0.2) is 29.3 Å². The molecule has 1 saturated heterocycles. The monoisotopic (exact) mass is 350 g/mol. The van der Waals surface area contributed by atoms with E-state index < -0.39 is 0 Å². The van der Waals surface area contributed by atoms with Crippen molar-refractivity contribution in [2.24, 2.45) is 4.99 Å². The van der Waals surface area contributed by atoms with E-state index in [9.17, 15) is 4.39 Å². The van der Waals surface area contributed by atoms with Gasteiger partial charge in [-0.2, -0.15) is 0 Å². The Labute approximate surface area is 150 Å². The van der Waals surface area contributed by atoms with Crippen molar-refractivity contribution in [3.63, 3.8) is 0 Å². The van der Waals surface area contributed by atoms with E-state index in [1.165, 1.54) is 18.6 Å². The van der Waals surface area contributed by atoms with Gasteiger partial charge in [0, 0.05) is 32.7 Å². The van der Waals surface area contributed by atoms with E-state index in [0.29, 0.717) is 0 Å². The number of nitrogens with one attached hydrogen (secondary N) is 2. The fraction of sp³-hybridized carbons (Fsp3) is 0.632. The predicted octanol–water partition coefficient (Wildman–Crippen LogP) is 2.04. The second-order valence-electron chi connectivity index (χ2n) is 6.23. The second kappa shape index (κ2) is 11.8. The first-order valence-corrected chi connectivity index (χ1v) is 9.34. The van der Waals surface area contributed by atoms with E-state index in [2.05, 4.69) is 27.4 Å². The maximum absolute atomic E-state index is 12.9. The largest absolute Gasteiger partial charge is 0.379 e. The molecule has 1 heterocycles. The van der Waals surface area contributed by atoms with Crippen molar-refractivity contribution >= 4 is 5.96 Å². The molecule has 0 bridgehead atoms. The van der Waals surface area contributed by atoms with Crippen LogP contribution in [-0.2, 0) is 11.2 Å². The van der Waals surface area contributed by atoms with E-state index in [4.69, 9.17) is 4.74 Å². The van der Waals surface area contributed by atoms with Gasteiger partial charge in [0.1, 0.15) is 5.82 Å². The Kier molecular flexibility index (Phi) is 9.29. The molecule has 0 saturated carbocycles. The second-order valence-corrected chi connectivity index (χ2v) is 6.23. The topological polar surface area (TPSA) is 48.9 Å². The van der Waals surface area contributed by atoms with Crippen LogP contribution in [0.25, 0.3) is 0 Å². The Morgan fingerprint density at radius 2 is 1.92 bits per heavy atom. The third-order valence-electron chi connectivity index (χ3n) is 4.22. The lowest BCUT2D eigenvalue weighted by Gasteiger charge is -2.26. The van der Waals surface area contributed by atoms with E-state index in [0.717, 1.165) is 76.8 Å². The molecule has 0 unspecified atom stereocenters. The molecular formula is C19H31FN4O. The first-order chi connectivity index (χ1) is 12.3. The van der Waals surface area contributed by atoms with E-state index >= 15 is 0 Å². The van der Waals surface area contributed by atoms with Gasteiger partial charge in [-0.3, -0.25) is 9.89 Å². The highest BCUT2D eigenvalue weighted by atomic mass is 19.1. The van der Waals surface area contributed by atoms with Crippen molar-refractivity contribution in [2.45, 2.75) is 26.2 Å². The molecule has 0 radical (unpaired) electrons. The average Bonchev–Trinajstić information content (AvgIpc) is 2.64. The van der Waals surface area contributed by atoms with Crippen molar-refractivity contribution in [3.8, 4) is 0 Å². The van der Waals surface area contributed by atoms with Crippen LogP contribution in [0.4, 0.5) is 4.39 Å². The molecular weight excluding hydrogens is 319 g/mol. The van der Waals surface area contributed by atoms with Crippen LogP contribution in [0.3, 0.4) is 0 Å². The normalized spacial score (nSPS) is 16.0. The first-order valence-electron chi connectivity index (χ1n) is 9.34. The van der Waals surface area contributed by atoms with Crippen LogP contribution in [0.5, 0.6) is 0 Å². The van der Waals surface area contributed by atoms with Crippen molar-refractivity contribution in [1.82, 2.24) is 15.5 Å². The average molecular weight is 350 g/mol. The Hall–Kier alpha value is -1.66. The van der Waals surface area contributed by atoms with Gasteiger partial charge in [-0.05, 0) is 50.4 Å². The smallest absolute Gasteiger partial charge is 0.191 e. The van der Waals surface area contributed by atoms with Crippen molar-refractivity contribution in [2.75, 3.05) is 52.5 Å². The van der Waals surface area contributed by atoms with Gasteiger partial charge >= 0.3 is 0 Å². The molecule has 2 rings (SSSR count). The molecule has 6 heteroatoms. The third kappa shape index (κ3) is 8.31. The van der Waals surface area contributed by atoms with Gasteiger partial charge in [-0.25, -0.2) is 4.39 Å². The highest BCUT2D eigenvalue weighted by Crippen LogP contribution is 2.03. The number of hydrogen-bond donors (Lipinski definition) is 2. The van der Waals surface area contributed by atoms with Gasteiger partial charge in [-0.15, -0.1) is 0 Å². The number of guanidine groups is 1. The molecule has 1 fully saturated rings. The number of halogens is 1. The van der Waals surface area contributed by atoms with Crippen LogP contribution in [0.2, 0.25) is 0 Å². The fourth-order valence-electron chi connectivity index (χ4n) is 2.78. The lowest BCUT2D eigenvalue weighted by atomic mass is 10.1. The Morgan fingerprint density at radius 1 is 1.16 bits per heavy atom. The van der Waals surface area contributed by atoms with Crippen molar-refractivity contribution < 1.29 is 9.13 Å². The Morgan fingerprint density at radius 3 is 2.64 bits per heavy atom. The summed E-state index contributed by atoms with van der Waals surface area (Å²) in [6.07, 6.45) is 3.10. The zero-order valence-corrected chi connectivity index (χ0v) is 15.3. The van der Waals surface area contributed by atoms with E-state index in [1.807, 2.05) is 12.1 Å². The summed E-state index contributed by atoms with van der Waals surface area (Å²) < 4.78 is 18.3. The Bertz CT molecular complexity index is 501. The van der Waals surface area contributed by atoms with Gasteiger partial charge in [0.15, 0.2) is 5.96 Å². The maximum Gasteiger partial charge on any atom is 0.191 e. The quantitative estimate of drug-likeness (QED) is 0.406. The van der Waals surface area contributed by atoms with Crippen LogP contribution in [0.1, 0.15) is 25.3 Å². The summed E-state index contributed by atoms with van der Waals surface area (Å²) in [5.74, 6) is 0.666. The summed E-state index contributed by atoms with van der Waals surface area (Å²) in [6.45, 7) is 9.48. The molecule has 0 aliphatic carbocycles. The standard InChI is InChI=1S/C19H31FN4O/c1-2-21-19(23-11-9-17-5-7-18(20)8-6-17)22-10-3-4-12-24-13-15-25-16-14-24/h5-8H,2-4,9-16H2,1H3,(H2,21,22,23). The summed E-state index contributed by atoms with van der Waals surface area (Å²) in [5.41, 5.74) is 1.12. The molecule has 0 spiro atoms. The van der Waals surface area contributed by atoms with Crippen molar-refractivity contribution in [1.29, 1.82) is 0 Å².